The first kappa shape index (κ1) is 30.6. The molecule has 0 bridgehead atoms. The Morgan fingerprint density at radius 1 is 1.08 bits per heavy atom. The number of fused-ring (bicyclic) bond motifs is 1. The van der Waals surface area contributed by atoms with Gasteiger partial charge in [-0.25, -0.2) is 0 Å². The van der Waals surface area contributed by atoms with E-state index in [9.17, 15) is 9.59 Å². The van der Waals surface area contributed by atoms with E-state index in [0.717, 1.165) is 103 Å². The van der Waals surface area contributed by atoms with Crippen LogP contribution in [0.2, 0.25) is 0 Å². The lowest BCUT2D eigenvalue weighted by atomic mass is 9.96. The number of aldehydes is 1. The van der Waals surface area contributed by atoms with Crippen LogP contribution in [0, 0.1) is 0 Å². The van der Waals surface area contributed by atoms with Crippen molar-refractivity contribution in [1.29, 1.82) is 0 Å². The summed E-state index contributed by atoms with van der Waals surface area (Å²) in [6, 6.07) is 12.3. The minimum absolute atomic E-state index is 0.0851. The zero-order valence-corrected chi connectivity index (χ0v) is 24.9. The predicted molar refractivity (Wildman–Crippen MR) is 167 cm³/mol. The van der Waals surface area contributed by atoms with Gasteiger partial charge in [-0.15, -0.1) is 0 Å². The van der Waals surface area contributed by atoms with Crippen LogP contribution in [0.4, 0.5) is 5.69 Å². The monoisotopic (exact) mass is 549 g/mol. The maximum Gasteiger partial charge on any atom is 0.250 e. The third-order valence-corrected chi connectivity index (χ3v) is 7.44. The van der Waals surface area contributed by atoms with Gasteiger partial charge in [0.05, 0.1) is 0 Å². The summed E-state index contributed by atoms with van der Waals surface area (Å²) in [6.07, 6.45) is 8.12. The molecule has 0 aliphatic carbocycles. The highest BCUT2D eigenvalue weighted by atomic mass is 32.2. The number of amidine groups is 1. The average molecular weight is 550 g/mol. The molecule has 3 rings (SSSR count). The van der Waals surface area contributed by atoms with Crippen molar-refractivity contribution in [2.24, 2.45) is 4.99 Å². The van der Waals surface area contributed by atoms with Gasteiger partial charge in [0.15, 0.2) is 0 Å². The summed E-state index contributed by atoms with van der Waals surface area (Å²) in [5.74, 6) is 0.858. The molecular weight excluding hydrogens is 506 g/mol. The lowest BCUT2D eigenvalue weighted by Crippen LogP contribution is -2.34. The molecule has 0 aromatic heterocycles. The van der Waals surface area contributed by atoms with Crippen LogP contribution in [0.25, 0.3) is 17.2 Å². The van der Waals surface area contributed by atoms with Crippen molar-refractivity contribution in [1.82, 2.24) is 14.5 Å². The second-order valence-corrected chi connectivity index (χ2v) is 10.6. The highest BCUT2D eigenvalue weighted by molar-refractivity contribution is 7.96. The number of hydrogen-bond acceptors (Lipinski definition) is 6. The standard InChI is InChI=1S/C31H43N5O2S/c1-6-14-36(15-7-2)31(38)28-19-26-10-8-24(20-29(26)34-30(21-28)32-3)23-9-11-27(22-37)25(18-23)12-16-35(4)17-13-33-39-5/h8-11,18-20,22,33H,6-7,12-17,21H2,1-5H3,(H,32,34). The van der Waals surface area contributed by atoms with Gasteiger partial charge in [0.2, 0.25) is 5.91 Å². The van der Waals surface area contributed by atoms with E-state index in [2.05, 4.69) is 65.1 Å². The minimum atomic E-state index is 0.0851. The highest BCUT2D eigenvalue weighted by Gasteiger charge is 2.22. The van der Waals surface area contributed by atoms with Crippen LogP contribution in [0.15, 0.2) is 47.0 Å². The molecule has 0 saturated carbocycles. The molecule has 210 valence electrons. The SMILES string of the molecule is CCCN(CCC)C(=O)C1=Cc2ccc(-c3ccc(C=O)c(CCN(C)CCNSC)c3)cc2NC(=NC)C1. The molecule has 0 atom stereocenters. The zero-order valence-electron chi connectivity index (χ0n) is 24.0. The Kier molecular flexibility index (Phi) is 12.2. The first-order valence-electron chi connectivity index (χ1n) is 13.8. The Labute approximate surface area is 238 Å². The normalized spacial score (nSPS) is 14.0. The highest BCUT2D eigenvalue weighted by Crippen LogP contribution is 2.31. The van der Waals surface area contributed by atoms with Crippen LogP contribution >= 0.6 is 11.9 Å². The van der Waals surface area contributed by atoms with Crippen molar-refractivity contribution < 1.29 is 9.59 Å². The molecule has 2 N–H and O–H groups in total. The number of hydrogen-bond donors (Lipinski definition) is 2. The minimum Gasteiger partial charge on any atom is -0.343 e. The number of nitrogens with zero attached hydrogens (tertiary/aromatic N) is 3. The molecule has 7 nitrogen and oxygen atoms in total. The van der Waals surface area contributed by atoms with Crippen LogP contribution < -0.4 is 10.0 Å². The first-order valence-corrected chi connectivity index (χ1v) is 15.1. The molecule has 0 fully saturated rings. The van der Waals surface area contributed by atoms with Crippen LogP contribution in [-0.4, -0.2) is 80.9 Å². The molecule has 39 heavy (non-hydrogen) atoms. The van der Waals surface area contributed by atoms with Gasteiger partial charge in [-0.1, -0.05) is 56.1 Å². The van der Waals surface area contributed by atoms with Crippen molar-refractivity contribution >= 4 is 41.7 Å². The lowest BCUT2D eigenvalue weighted by molar-refractivity contribution is -0.127. The quantitative estimate of drug-likeness (QED) is 0.187. The number of amides is 1. The van der Waals surface area contributed by atoms with E-state index in [1.807, 2.05) is 29.4 Å². The summed E-state index contributed by atoms with van der Waals surface area (Å²) < 4.78 is 3.27. The molecular formula is C31H43N5O2S. The Bertz CT molecular complexity index is 1190. The fourth-order valence-electron chi connectivity index (χ4n) is 4.80. The van der Waals surface area contributed by atoms with E-state index in [-0.39, 0.29) is 5.91 Å². The number of aliphatic imine (C=N–C) groups is 1. The fraction of sp³-hybridized carbons (Fsp3) is 0.452. The Hall–Kier alpha value is -2.94. The predicted octanol–water partition coefficient (Wildman–Crippen LogP) is 5.38. The maximum absolute atomic E-state index is 13.4. The Balaban J connectivity index is 1.88. The molecule has 0 radical (unpaired) electrons. The van der Waals surface area contributed by atoms with E-state index >= 15 is 0 Å². The largest absolute Gasteiger partial charge is 0.343 e. The van der Waals surface area contributed by atoms with Gasteiger partial charge in [-0.3, -0.25) is 19.3 Å². The topological polar surface area (TPSA) is 77.0 Å². The molecule has 1 aliphatic rings. The Morgan fingerprint density at radius 3 is 2.46 bits per heavy atom. The number of carbonyl (C=O) groups is 2. The van der Waals surface area contributed by atoms with Crippen molar-refractivity contribution in [2.45, 2.75) is 39.5 Å². The van der Waals surface area contributed by atoms with Crippen LogP contribution in [-0.2, 0) is 11.2 Å². The molecule has 2 aromatic carbocycles. The maximum atomic E-state index is 13.4. The second kappa shape index (κ2) is 15.6. The molecule has 0 unspecified atom stereocenters. The number of nitrogens with one attached hydrogen (secondary N) is 2. The third kappa shape index (κ3) is 8.52. The molecule has 1 aliphatic heterocycles. The van der Waals surface area contributed by atoms with Crippen molar-refractivity contribution in [3.05, 3.63) is 58.7 Å². The number of carbonyl (C=O) groups excluding carboxylic acids is 2. The van der Waals surface area contributed by atoms with Gasteiger partial charge in [0.1, 0.15) is 12.1 Å². The molecule has 1 heterocycles. The van der Waals surface area contributed by atoms with Gasteiger partial charge in [0, 0.05) is 63.0 Å². The second-order valence-electron chi connectivity index (χ2n) is 9.92. The van der Waals surface area contributed by atoms with Crippen LogP contribution in [0.3, 0.4) is 0 Å². The zero-order chi connectivity index (χ0) is 28.2. The van der Waals surface area contributed by atoms with Crippen molar-refractivity contribution in [2.75, 3.05) is 58.4 Å². The molecule has 2 aromatic rings. The smallest absolute Gasteiger partial charge is 0.250 e. The average Bonchev–Trinajstić information content (AvgIpc) is 3.14. The number of benzene rings is 2. The van der Waals surface area contributed by atoms with E-state index in [1.165, 1.54) is 0 Å². The summed E-state index contributed by atoms with van der Waals surface area (Å²) in [4.78, 5) is 33.8. The number of likely N-dealkylation sites (N-methyl/N-ethyl adjacent to an activating group) is 1. The van der Waals surface area contributed by atoms with Gasteiger partial charge in [-0.05, 0) is 67.0 Å². The molecule has 8 heteroatoms. The molecule has 0 spiro atoms. The first-order chi connectivity index (χ1) is 18.9. The summed E-state index contributed by atoms with van der Waals surface area (Å²) in [7, 11) is 3.86. The fourth-order valence-corrected chi connectivity index (χ4v) is 5.09. The Morgan fingerprint density at radius 2 is 1.79 bits per heavy atom. The van der Waals surface area contributed by atoms with Crippen LogP contribution in [0.5, 0.6) is 0 Å². The number of anilines is 1. The van der Waals surface area contributed by atoms with Crippen molar-refractivity contribution in [3.63, 3.8) is 0 Å². The van der Waals surface area contributed by atoms with Gasteiger partial charge in [-0.2, -0.15) is 0 Å². The summed E-state index contributed by atoms with van der Waals surface area (Å²) in [6.45, 7) is 8.45. The van der Waals surface area contributed by atoms with Crippen molar-refractivity contribution in [3.8, 4) is 11.1 Å². The van der Waals surface area contributed by atoms with Gasteiger partial charge >= 0.3 is 0 Å². The summed E-state index contributed by atoms with van der Waals surface area (Å²) >= 11 is 1.62. The van der Waals surface area contributed by atoms with E-state index < -0.39 is 0 Å². The summed E-state index contributed by atoms with van der Waals surface area (Å²) in [5, 5.41) is 3.47. The van der Waals surface area contributed by atoms with E-state index in [1.54, 1.807) is 19.0 Å². The third-order valence-electron chi connectivity index (χ3n) is 6.94. The van der Waals surface area contributed by atoms with Gasteiger partial charge in [0.25, 0.3) is 0 Å². The van der Waals surface area contributed by atoms with E-state index in [0.29, 0.717) is 6.42 Å². The molecule has 1 amide bonds. The molecule has 0 saturated heterocycles. The van der Waals surface area contributed by atoms with E-state index in [4.69, 9.17) is 0 Å². The van der Waals surface area contributed by atoms with Gasteiger partial charge < -0.3 is 15.1 Å². The number of rotatable bonds is 14. The lowest BCUT2D eigenvalue weighted by Gasteiger charge is -2.22. The summed E-state index contributed by atoms with van der Waals surface area (Å²) in [5.41, 5.74) is 6.54. The van der Waals surface area contributed by atoms with Crippen LogP contribution in [0.1, 0.15) is 54.6 Å².